The second-order valence-electron chi connectivity index (χ2n) is 7.12. The maximum Gasteiger partial charge on any atom is 0.289 e. The first-order chi connectivity index (χ1) is 12.6. The highest BCUT2D eigenvalue weighted by atomic mass is 32.2. The molecular weight excluding hydrogens is 394 g/mol. The predicted octanol–water partition coefficient (Wildman–Crippen LogP) is 0.526. The van der Waals surface area contributed by atoms with E-state index >= 15 is 0 Å². The van der Waals surface area contributed by atoms with Crippen molar-refractivity contribution in [2.75, 3.05) is 32.4 Å². The first-order valence-electron chi connectivity index (χ1n) is 8.95. The second-order valence-corrected chi connectivity index (χ2v) is 10.8. The lowest BCUT2D eigenvalue weighted by molar-refractivity contribution is 0.0669. The van der Waals surface area contributed by atoms with E-state index in [0.29, 0.717) is 32.5 Å². The van der Waals surface area contributed by atoms with Gasteiger partial charge in [-0.2, -0.15) is 4.31 Å². The average Bonchev–Trinajstić information content (AvgIpc) is 3.23. The molecular formula is C16H25N3O6S2. The Bertz CT molecular complexity index is 916. The summed E-state index contributed by atoms with van der Waals surface area (Å²) in [4.78, 5) is 14.3. The molecule has 2 aliphatic heterocycles. The Morgan fingerprint density at radius 2 is 1.81 bits per heavy atom. The molecule has 1 atom stereocenters. The molecule has 0 radical (unpaired) electrons. The summed E-state index contributed by atoms with van der Waals surface area (Å²) in [5.41, 5.74) is 0. The van der Waals surface area contributed by atoms with Gasteiger partial charge in [0.15, 0.2) is 5.76 Å². The van der Waals surface area contributed by atoms with Crippen LogP contribution in [0.5, 0.6) is 0 Å². The molecule has 1 N–H and O–H groups in total. The van der Waals surface area contributed by atoms with Crippen LogP contribution in [0.15, 0.2) is 15.4 Å². The summed E-state index contributed by atoms with van der Waals surface area (Å²) in [6.45, 7) is 3.17. The number of hydrogen-bond donors (Lipinski definition) is 1. The van der Waals surface area contributed by atoms with E-state index in [2.05, 4.69) is 4.72 Å². The Kier molecular flexibility index (Phi) is 5.67. The van der Waals surface area contributed by atoms with Crippen molar-refractivity contribution in [3.8, 4) is 0 Å². The van der Waals surface area contributed by atoms with E-state index in [1.165, 1.54) is 22.2 Å². The number of sulfonamides is 2. The number of rotatable bonds is 5. The van der Waals surface area contributed by atoms with Crippen LogP contribution >= 0.6 is 0 Å². The number of furan rings is 1. The Hall–Kier alpha value is -1.43. The maximum absolute atomic E-state index is 12.8. The van der Waals surface area contributed by atoms with Crippen LogP contribution in [-0.4, -0.2) is 70.4 Å². The molecule has 2 fully saturated rings. The van der Waals surface area contributed by atoms with Crippen molar-refractivity contribution < 1.29 is 26.0 Å². The molecule has 2 aliphatic rings. The summed E-state index contributed by atoms with van der Waals surface area (Å²) in [6.07, 6.45) is 4.02. The first-order valence-corrected chi connectivity index (χ1v) is 12.3. The summed E-state index contributed by atoms with van der Waals surface area (Å²) in [5.74, 6) is -0.278. The fraction of sp³-hybridized carbons (Fsp3) is 0.688. The van der Waals surface area contributed by atoms with E-state index in [4.69, 9.17) is 4.42 Å². The molecule has 3 rings (SSSR count). The molecule has 11 heteroatoms. The molecule has 1 aromatic heterocycles. The molecule has 1 amide bonds. The van der Waals surface area contributed by atoms with E-state index in [-0.39, 0.29) is 29.0 Å². The highest BCUT2D eigenvalue weighted by Gasteiger charge is 2.33. The Balaban J connectivity index is 1.78. The van der Waals surface area contributed by atoms with Crippen molar-refractivity contribution >= 4 is 26.0 Å². The number of amides is 1. The van der Waals surface area contributed by atoms with Crippen LogP contribution in [0.25, 0.3) is 0 Å². The lowest BCUT2D eigenvalue weighted by Crippen LogP contribution is -2.49. The molecule has 27 heavy (non-hydrogen) atoms. The molecule has 152 valence electrons. The summed E-state index contributed by atoms with van der Waals surface area (Å²) in [7, 11) is -7.04. The van der Waals surface area contributed by atoms with Gasteiger partial charge >= 0.3 is 0 Å². The molecule has 0 saturated carbocycles. The van der Waals surface area contributed by atoms with Gasteiger partial charge < -0.3 is 9.32 Å². The maximum atomic E-state index is 12.8. The minimum absolute atomic E-state index is 0.0237. The lowest BCUT2D eigenvalue weighted by atomic mass is 10.1. The summed E-state index contributed by atoms with van der Waals surface area (Å²) in [5, 5.41) is 0. The monoisotopic (exact) mass is 419 g/mol. The van der Waals surface area contributed by atoms with Crippen molar-refractivity contribution in [1.29, 1.82) is 0 Å². The number of nitrogens with one attached hydrogen (secondary N) is 1. The summed E-state index contributed by atoms with van der Waals surface area (Å²) in [6, 6.07) is 0.931. The number of piperidine rings is 1. The smallest absolute Gasteiger partial charge is 0.289 e. The summed E-state index contributed by atoms with van der Waals surface area (Å²) >= 11 is 0. The second kappa shape index (κ2) is 7.53. The fourth-order valence-corrected chi connectivity index (χ4v) is 6.09. The Morgan fingerprint density at radius 3 is 2.44 bits per heavy atom. The molecule has 0 unspecified atom stereocenters. The number of likely N-dealkylation sites (tertiary alicyclic amines) is 1. The standard InChI is InChI=1S/C16H25N3O6S2/c1-12-15(27(23,24)19-8-3-4-9-19)10-14(25-12)16(20)18-7-5-6-13(11-18)17-26(2,21)22/h10,13,17H,3-9,11H2,1-2H3/t13-/m0/s1. The van der Waals surface area contributed by atoms with Crippen molar-refractivity contribution in [1.82, 2.24) is 13.9 Å². The molecule has 0 bridgehead atoms. The van der Waals surface area contributed by atoms with Gasteiger partial charge in [-0.15, -0.1) is 0 Å². The Morgan fingerprint density at radius 1 is 1.15 bits per heavy atom. The van der Waals surface area contributed by atoms with Crippen LogP contribution in [-0.2, 0) is 20.0 Å². The van der Waals surface area contributed by atoms with Gasteiger partial charge in [0.1, 0.15) is 10.7 Å². The molecule has 0 aromatic carbocycles. The first kappa shape index (κ1) is 20.3. The zero-order valence-electron chi connectivity index (χ0n) is 15.5. The summed E-state index contributed by atoms with van der Waals surface area (Å²) < 4.78 is 57.7. The number of carbonyl (C=O) groups excluding carboxylic acids is 1. The highest BCUT2D eigenvalue weighted by molar-refractivity contribution is 7.89. The Labute approximate surface area is 159 Å². The molecule has 3 heterocycles. The zero-order valence-corrected chi connectivity index (χ0v) is 17.1. The van der Waals surface area contributed by atoms with Crippen LogP contribution in [0.2, 0.25) is 0 Å². The predicted molar refractivity (Wildman–Crippen MR) is 98.3 cm³/mol. The number of aryl methyl sites for hydroxylation is 1. The molecule has 9 nitrogen and oxygen atoms in total. The van der Waals surface area contributed by atoms with E-state index < -0.39 is 26.0 Å². The van der Waals surface area contributed by atoms with Crippen LogP contribution in [0, 0.1) is 6.92 Å². The zero-order chi connectivity index (χ0) is 19.8. The van der Waals surface area contributed by atoms with E-state index in [1.54, 1.807) is 0 Å². The third-order valence-corrected chi connectivity index (χ3v) is 7.62. The normalized spacial score (nSPS) is 22.3. The third kappa shape index (κ3) is 4.53. The quantitative estimate of drug-likeness (QED) is 0.744. The van der Waals surface area contributed by atoms with Gasteiger partial charge in [0, 0.05) is 38.3 Å². The van der Waals surface area contributed by atoms with E-state index in [1.807, 2.05) is 0 Å². The average molecular weight is 420 g/mol. The van der Waals surface area contributed by atoms with Gasteiger partial charge in [0.05, 0.1) is 6.26 Å². The highest BCUT2D eigenvalue weighted by Crippen LogP contribution is 2.27. The molecule has 0 aliphatic carbocycles. The largest absolute Gasteiger partial charge is 0.455 e. The molecule has 2 saturated heterocycles. The topological polar surface area (TPSA) is 117 Å². The van der Waals surface area contributed by atoms with Crippen LogP contribution < -0.4 is 4.72 Å². The molecule has 1 aromatic rings. The van der Waals surface area contributed by atoms with Gasteiger partial charge in [-0.1, -0.05) is 0 Å². The van der Waals surface area contributed by atoms with E-state index in [0.717, 1.165) is 19.1 Å². The van der Waals surface area contributed by atoms with Gasteiger partial charge in [-0.05, 0) is 32.6 Å². The van der Waals surface area contributed by atoms with Crippen molar-refractivity contribution in [2.24, 2.45) is 0 Å². The van der Waals surface area contributed by atoms with Crippen LogP contribution in [0.1, 0.15) is 42.0 Å². The van der Waals surface area contributed by atoms with Gasteiger partial charge in [-0.3, -0.25) is 4.79 Å². The number of nitrogens with zero attached hydrogens (tertiary/aromatic N) is 2. The third-order valence-electron chi connectivity index (χ3n) is 4.86. The van der Waals surface area contributed by atoms with E-state index in [9.17, 15) is 21.6 Å². The van der Waals surface area contributed by atoms with Crippen molar-refractivity contribution in [2.45, 2.75) is 43.5 Å². The van der Waals surface area contributed by atoms with Crippen LogP contribution in [0.3, 0.4) is 0 Å². The van der Waals surface area contributed by atoms with Crippen molar-refractivity contribution in [3.05, 3.63) is 17.6 Å². The SMILES string of the molecule is Cc1oc(C(=O)N2CCC[C@H](NS(C)(=O)=O)C2)cc1S(=O)(=O)N1CCCC1. The number of carbonyl (C=O) groups is 1. The molecule has 0 spiro atoms. The van der Waals surface area contributed by atoms with Crippen LogP contribution in [0.4, 0.5) is 0 Å². The van der Waals surface area contributed by atoms with Gasteiger partial charge in [-0.25, -0.2) is 21.6 Å². The fourth-order valence-electron chi connectivity index (χ4n) is 3.61. The van der Waals surface area contributed by atoms with Crippen molar-refractivity contribution in [3.63, 3.8) is 0 Å². The van der Waals surface area contributed by atoms with Gasteiger partial charge in [0.25, 0.3) is 5.91 Å². The number of hydrogen-bond acceptors (Lipinski definition) is 6. The lowest BCUT2D eigenvalue weighted by Gasteiger charge is -2.32. The minimum Gasteiger partial charge on any atom is -0.455 e. The minimum atomic E-state index is -3.67. The van der Waals surface area contributed by atoms with Gasteiger partial charge in [0.2, 0.25) is 20.0 Å².